The van der Waals surface area contributed by atoms with Crippen molar-refractivity contribution < 1.29 is 23.5 Å². The number of rotatable bonds is 8. The third-order valence-electron chi connectivity index (χ3n) is 7.09. The van der Waals surface area contributed by atoms with E-state index in [-0.39, 0.29) is 15.9 Å². The zero-order chi connectivity index (χ0) is 29.8. The largest absolute Gasteiger partial charge is 0.455 e. The molecule has 0 fully saturated rings. The number of pyridine rings is 1. The van der Waals surface area contributed by atoms with Crippen LogP contribution in [-0.2, 0) is 13.9 Å². The number of aromatic nitrogens is 1. The number of carbonyl (C=O) groups excluding carboxylic acids is 2. The number of carbonyl (C=O) groups is 2. The Balaban J connectivity index is 1.58. The summed E-state index contributed by atoms with van der Waals surface area (Å²) in [5, 5.41) is 5.32. The first-order chi connectivity index (χ1) is 19.3. The molecule has 1 N–H and O–H groups in total. The highest BCUT2D eigenvalue weighted by Gasteiger charge is 2.50. The predicted octanol–water partition coefficient (Wildman–Crippen LogP) is 6.20. The molecule has 3 aromatic rings. The van der Waals surface area contributed by atoms with Crippen molar-refractivity contribution in [2.24, 2.45) is 0 Å². The van der Waals surface area contributed by atoms with Crippen LogP contribution in [0.5, 0.6) is 0 Å². The monoisotopic (exact) mass is 594 g/mol. The molecule has 0 aliphatic carbocycles. The van der Waals surface area contributed by atoms with Gasteiger partial charge in [-0.1, -0.05) is 99.1 Å². The minimum Gasteiger partial charge on any atom is -0.455 e. The second-order valence-corrected chi connectivity index (χ2v) is 17.0. The number of alkyl carbamates (subject to hydrolysis) is 1. The number of benzene rings is 2. The number of hydrogen-bond acceptors (Lipinski definition) is 6. The summed E-state index contributed by atoms with van der Waals surface area (Å²) in [7, 11) is -2.71. The number of nitrogens with one attached hydrogen (secondary N) is 1. The Labute approximate surface area is 248 Å². The van der Waals surface area contributed by atoms with E-state index in [9.17, 15) is 9.59 Å². The Hall–Kier alpha value is -3.20. The van der Waals surface area contributed by atoms with Crippen LogP contribution < -0.4 is 15.7 Å². The average Bonchev–Trinajstić information content (AvgIpc) is 2.90. The van der Waals surface area contributed by atoms with Crippen molar-refractivity contribution in [3.63, 3.8) is 0 Å². The first-order valence-corrected chi connectivity index (χ1v) is 16.2. The van der Waals surface area contributed by atoms with Crippen LogP contribution in [0.15, 0.2) is 72.8 Å². The molecule has 1 aliphatic heterocycles. The van der Waals surface area contributed by atoms with Crippen LogP contribution in [0.1, 0.15) is 76.5 Å². The summed E-state index contributed by atoms with van der Waals surface area (Å²) < 4.78 is 18.3. The number of cyclic esters (lactones) is 1. The maximum Gasteiger partial charge on any atom is 0.408 e. The molecule has 0 spiro atoms. The van der Waals surface area contributed by atoms with Gasteiger partial charge in [0, 0.05) is 12.2 Å². The minimum absolute atomic E-state index is 0.0957. The lowest BCUT2D eigenvalue weighted by Gasteiger charge is -2.43. The first kappa shape index (κ1) is 30.7. The predicted molar refractivity (Wildman–Crippen MR) is 163 cm³/mol. The molecule has 1 aliphatic rings. The first-order valence-electron chi connectivity index (χ1n) is 13.9. The zero-order valence-corrected chi connectivity index (χ0v) is 26.3. The van der Waals surface area contributed by atoms with Gasteiger partial charge in [0.05, 0.1) is 6.04 Å². The summed E-state index contributed by atoms with van der Waals surface area (Å²) in [4.78, 5) is 29.8. The van der Waals surface area contributed by atoms with Gasteiger partial charge in [-0.05, 0) is 55.1 Å². The van der Waals surface area contributed by atoms with Gasteiger partial charge in [-0.15, -0.1) is 0 Å². The van der Waals surface area contributed by atoms with Crippen molar-refractivity contribution in [1.82, 2.24) is 10.3 Å². The van der Waals surface area contributed by atoms with Gasteiger partial charge in [0.25, 0.3) is 8.32 Å². The highest BCUT2D eigenvalue weighted by molar-refractivity contribution is 6.99. The topological polar surface area (TPSA) is 86.8 Å². The van der Waals surface area contributed by atoms with E-state index in [0.29, 0.717) is 25.0 Å². The third-order valence-corrected chi connectivity index (χ3v) is 12.3. The molecule has 41 heavy (non-hydrogen) atoms. The van der Waals surface area contributed by atoms with E-state index >= 15 is 0 Å². The Kier molecular flexibility index (Phi) is 9.26. The Bertz CT molecular complexity index is 1320. The van der Waals surface area contributed by atoms with Gasteiger partial charge in [0.2, 0.25) is 0 Å². The highest BCUT2D eigenvalue weighted by Crippen LogP contribution is 2.37. The molecule has 0 radical (unpaired) electrons. The fourth-order valence-corrected chi connectivity index (χ4v) is 10.2. The second kappa shape index (κ2) is 12.3. The van der Waals surface area contributed by atoms with Crippen LogP contribution in [0.25, 0.3) is 0 Å². The van der Waals surface area contributed by atoms with Gasteiger partial charge < -0.3 is 19.2 Å². The van der Waals surface area contributed by atoms with Crippen molar-refractivity contribution in [3.8, 4) is 0 Å². The molecule has 218 valence electrons. The van der Waals surface area contributed by atoms with Crippen LogP contribution in [0.4, 0.5) is 4.79 Å². The normalized spacial score (nSPS) is 17.4. The fourth-order valence-electron chi connectivity index (χ4n) is 5.42. The summed E-state index contributed by atoms with van der Waals surface area (Å²) in [6, 6.07) is 23.6. The van der Waals surface area contributed by atoms with Gasteiger partial charge >= 0.3 is 12.1 Å². The summed E-state index contributed by atoms with van der Waals surface area (Å²) in [6.07, 6.45) is -0.166. The summed E-state index contributed by atoms with van der Waals surface area (Å²) in [5.41, 5.74) is -0.0388. The molecule has 2 aromatic carbocycles. The number of amides is 1. The van der Waals surface area contributed by atoms with Crippen LogP contribution in [-0.4, -0.2) is 43.7 Å². The molecule has 1 aromatic heterocycles. The Morgan fingerprint density at radius 2 is 1.54 bits per heavy atom. The number of fused-ring (bicyclic) bond motifs is 1. The number of nitrogens with zero attached hydrogens (tertiary/aromatic N) is 1. The van der Waals surface area contributed by atoms with Gasteiger partial charge in [-0.2, -0.15) is 0 Å². The van der Waals surface area contributed by atoms with Gasteiger partial charge in [0.1, 0.15) is 16.9 Å². The maximum atomic E-state index is 12.9. The molecule has 0 saturated heterocycles. The quantitative estimate of drug-likeness (QED) is 0.145. The summed E-state index contributed by atoms with van der Waals surface area (Å²) >= 11 is 6.06. The van der Waals surface area contributed by atoms with E-state index in [1.807, 2.05) is 12.1 Å². The average molecular weight is 595 g/mol. The molecule has 0 saturated carbocycles. The lowest BCUT2D eigenvalue weighted by molar-refractivity contribution is 0.00296. The zero-order valence-electron chi connectivity index (χ0n) is 24.6. The molecule has 0 bridgehead atoms. The van der Waals surface area contributed by atoms with Crippen molar-refractivity contribution >= 4 is 42.4 Å². The van der Waals surface area contributed by atoms with E-state index in [4.69, 9.17) is 25.5 Å². The van der Waals surface area contributed by atoms with Gasteiger partial charge in [-0.3, -0.25) is 0 Å². The third kappa shape index (κ3) is 7.00. The number of esters is 1. The van der Waals surface area contributed by atoms with E-state index in [0.717, 1.165) is 0 Å². The van der Waals surface area contributed by atoms with Crippen molar-refractivity contribution in [1.29, 1.82) is 0 Å². The molecule has 4 rings (SSSR count). The summed E-state index contributed by atoms with van der Waals surface area (Å²) in [5.74, 6) is -0.567. The molecule has 9 heteroatoms. The van der Waals surface area contributed by atoms with Crippen molar-refractivity contribution in [3.05, 3.63) is 89.2 Å². The van der Waals surface area contributed by atoms with Crippen LogP contribution >= 0.6 is 11.6 Å². The van der Waals surface area contributed by atoms with Gasteiger partial charge in [-0.25, -0.2) is 14.6 Å². The van der Waals surface area contributed by atoms with Gasteiger partial charge in [0.15, 0.2) is 5.69 Å². The lowest BCUT2D eigenvalue weighted by Crippen LogP contribution is -2.66. The molecule has 2 heterocycles. The van der Waals surface area contributed by atoms with Crippen LogP contribution in [0.3, 0.4) is 0 Å². The highest BCUT2D eigenvalue weighted by atomic mass is 35.5. The smallest absolute Gasteiger partial charge is 0.408 e. The molecular formula is C32H39ClN2O5Si. The van der Waals surface area contributed by atoms with Crippen LogP contribution in [0.2, 0.25) is 10.2 Å². The van der Waals surface area contributed by atoms with Crippen molar-refractivity contribution in [2.75, 3.05) is 6.61 Å². The van der Waals surface area contributed by atoms with Crippen LogP contribution in [0, 0.1) is 0 Å². The van der Waals surface area contributed by atoms with E-state index < -0.39 is 38.1 Å². The van der Waals surface area contributed by atoms with E-state index in [1.165, 1.54) is 10.4 Å². The van der Waals surface area contributed by atoms with E-state index in [2.05, 4.69) is 79.6 Å². The van der Waals surface area contributed by atoms with Crippen molar-refractivity contribution in [2.45, 2.75) is 77.2 Å². The lowest BCUT2D eigenvalue weighted by atomic mass is 9.94. The minimum atomic E-state index is -2.71. The molecule has 0 unspecified atom stereocenters. The number of ether oxygens (including phenoxy) is 2. The SMILES string of the molecule is CC(C)(C)OC(=O)N[C@H]1c2ccc(Cl)nc2C(=O)O[C@H]1CCCO[Si](c1ccccc1)(c1ccccc1)C(C)(C)C. The second-order valence-electron chi connectivity index (χ2n) is 12.3. The molecule has 1 amide bonds. The number of hydrogen-bond donors (Lipinski definition) is 1. The molecular weight excluding hydrogens is 556 g/mol. The Morgan fingerprint density at radius 1 is 0.951 bits per heavy atom. The maximum absolute atomic E-state index is 12.9. The standard InChI is InChI=1S/C32H39ClN2O5Si/c1-31(2,3)40-30(37)35-27-24-19-20-26(33)34-28(24)29(36)39-25(27)18-13-21-38-41(32(4,5)6,22-14-9-7-10-15-22)23-16-11-8-12-17-23/h7-12,14-17,19-20,25,27H,13,18,21H2,1-6H3,(H,35,37)/t25-,27-/m0/s1. The fraction of sp³-hybridized carbons (Fsp3) is 0.406. The molecule has 7 nitrogen and oxygen atoms in total. The van der Waals surface area contributed by atoms with E-state index in [1.54, 1.807) is 32.9 Å². The number of halogens is 1. The summed E-state index contributed by atoms with van der Waals surface area (Å²) in [6.45, 7) is 12.5. The molecule has 2 atom stereocenters. The Morgan fingerprint density at radius 3 is 2.07 bits per heavy atom.